The molecule has 4 rings (SSSR count). The van der Waals surface area contributed by atoms with Crippen molar-refractivity contribution in [3.63, 3.8) is 0 Å². The lowest BCUT2D eigenvalue weighted by atomic mass is 10.1. The second-order valence-electron chi connectivity index (χ2n) is 6.15. The van der Waals surface area contributed by atoms with Crippen molar-refractivity contribution in [3.8, 4) is 0 Å². The molecule has 0 saturated heterocycles. The van der Waals surface area contributed by atoms with Crippen LogP contribution >= 0.6 is 11.6 Å². The van der Waals surface area contributed by atoms with Gasteiger partial charge in [0.1, 0.15) is 11.6 Å². The van der Waals surface area contributed by atoms with Gasteiger partial charge >= 0.3 is 0 Å². The molecule has 6 nitrogen and oxygen atoms in total. The van der Waals surface area contributed by atoms with Crippen molar-refractivity contribution in [2.24, 2.45) is 0 Å². The Morgan fingerprint density at radius 2 is 1.96 bits per heavy atom. The average Bonchev–Trinajstić information content (AvgIpc) is 3.33. The summed E-state index contributed by atoms with van der Waals surface area (Å²) in [5.74, 6) is 1.38. The van der Waals surface area contributed by atoms with Gasteiger partial charge < -0.3 is 9.73 Å². The second-order valence-corrected chi connectivity index (χ2v) is 6.59. The molecule has 0 aliphatic heterocycles. The highest BCUT2D eigenvalue weighted by Gasteiger charge is 2.11. The van der Waals surface area contributed by atoms with Crippen molar-refractivity contribution in [3.05, 3.63) is 88.7 Å². The molecule has 27 heavy (non-hydrogen) atoms. The van der Waals surface area contributed by atoms with Crippen LogP contribution in [0.15, 0.2) is 65.4 Å². The normalized spacial score (nSPS) is 11.0. The quantitative estimate of drug-likeness (QED) is 0.555. The second kappa shape index (κ2) is 7.63. The van der Waals surface area contributed by atoms with Crippen molar-refractivity contribution < 1.29 is 9.21 Å². The van der Waals surface area contributed by atoms with Gasteiger partial charge in [0.2, 0.25) is 0 Å². The van der Waals surface area contributed by atoms with Crippen LogP contribution in [0, 0.1) is 0 Å². The predicted molar refractivity (Wildman–Crippen MR) is 102 cm³/mol. The summed E-state index contributed by atoms with van der Waals surface area (Å²) < 4.78 is 7.18. The van der Waals surface area contributed by atoms with E-state index in [4.69, 9.17) is 16.0 Å². The molecule has 0 bridgehead atoms. The summed E-state index contributed by atoms with van der Waals surface area (Å²) in [6.45, 7) is 0.542. The molecule has 1 amide bonds. The standard InChI is InChI=1S/C20H17ClN4O2/c21-16-6-3-14(4-7-16)9-10-22-20(26)15-5-8-18-23-24-19(25(18)13-15)12-17-2-1-11-27-17/h1-8,11,13H,9-10,12H2,(H,22,26). The molecule has 4 aromatic rings. The van der Waals surface area contributed by atoms with Gasteiger partial charge in [-0.3, -0.25) is 9.20 Å². The number of pyridine rings is 1. The molecule has 0 spiro atoms. The number of fused-ring (bicyclic) bond motifs is 1. The Bertz CT molecular complexity index is 1060. The first-order valence-electron chi connectivity index (χ1n) is 8.58. The van der Waals surface area contributed by atoms with E-state index in [0.29, 0.717) is 29.2 Å². The van der Waals surface area contributed by atoms with E-state index >= 15 is 0 Å². The number of rotatable bonds is 6. The van der Waals surface area contributed by atoms with Crippen LogP contribution in [0.2, 0.25) is 5.02 Å². The maximum atomic E-state index is 12.5. The van der Waals surface area contributed by atoms with Crippen molar-refractivity contribution in [2.75, 3.05) is 6.54 Å². The summed E-state index contributed by atoms with van der Waals surface area (Å²) in [4.78, 5) is 12.5. The first kappa shape index (κ1) is 17.3. The van der Waals surface area contributed by atoms with Crippen molar-refractivity contribution in [1.82, 2.24) is 19.9 Å². The summed E-state index contributed by atoms with van der Waals surface area (Å²) >= 11 is 5.88. The van der Waals surface area contributed by atoms with Gasteiger partial charge in [0.05, 0.1) is 18.2 Å². The molecule has 3 heterocycles. The molecule has 1 N–H and O–H groups in total. The van der Waals surface area contributed by atoms with Crippen molar-refractivity contribution in [2.45, 2.75) is 12.8 Å². The number of hydrogen-bond donors (Lipinski definition) is 1. The Morgan fingerprint density at radius 1 is 1.11 bits per heavy atom. The molecule has 0 aliphatic rings. The molecular weight excluding hydrogens is 364 g/mol. The van der Waals surface area contributed by atoms with Crippen LogP contribution < -0.4 is 5.32 Å². The molecular formula is C20H17ClN4O2. The Labute approximate surface area is 160 Å². The van der Waals surface area contributed by atoms with Crippen molar-refractivity contribution >= 4 is 23.2 Å². The zero-order valence-electron chi connectivity index (χ0n) is 14.4. The van der Waals surface area contributed by atoms with Crippen LogP contribution in [0.5, 0.6) is 0 Å². The third kappa shape index (κ3) is 4.01. The number of aromatic nitrogens is 3. The van der Waals surface area contributed by atoms with Gasteiger partial charge in [-0.25, -0.2) is 0 Å². The van der Waals surface area contributed by atoms with Crippen LogP contribution in [0.25, 0.3) is 5.65 Å². The lowest BCUT2D eigenvalue weighted by Gasteiger charge is -2.07. The Morgan fingerprint density at radius 3 is 2.74 bits per heavy atom. The summed E-state index contributed by atoms with van der Waals surface area (Å²) in [5.41, 5.74) is 2.36. The van der Waals surface area contributed by atoms with E-state index in [1.165, 1.54) is 0 Å². The van der Waals surface area contributed by atoms with Gasteiger partial charge in [0.15, 0.2) is 5.65 Å². The molecule has 3 aromatic heterocycles. The minimum Gasteiger partial charge on any atom is -0.469 e. The minimum absolute atomic E-state index is 0.136. The number of hydrogen-bond acceptors (Lipinski definition) is 4. The molecule has 0 unspecified atom stereocenters. The number of nitrogens with zero attached hydrogens (tertiary/aromatic N) is 3. The molecule has 136 valence electrons. The van der Waals surface area contributed by atoms with Gasteiger partial charge in [0, 0.05) is 17.8 Å². The summed E-state index contributed by atoms with van der Waals surface area (Å²) in [7, 11) is 0. The fourth-order valence-corrected chi connectivity index (χ4v) is 2.96. The minimum atomic E-state index is -0.136. The van der Waals surface area contributed by atoms with E-state index in [1.54, 1.807) is 24.6 Å². The first-order chi connectivity index (χ1) is 13.2. The average molecular weight is 381 g/mol. The Hall–Kier alpha value is -3.12. The highest BCUT2D eigenvalue weighted by atomic mass is 35.5. The number of furan rings is 1. The maximum absolute atomic E-state index is 12.5. The summed E-state index contributed by atoms with van der Waals surface area (Å²) in [6, 6.07) is 14.9. The SMILES string of the molecule is O=C(NCCc1ccc(Cl)cc1)c1ccc2nnc(Cc3ccco3)n2c1. The van der Waals surface area contributed by atoms with E-state index < -0.39 is 0 Å². The van der Waals surface area contributed by atoms with Crippen LogP contribution in [0.3, 0.4) is 0 Å². The third-order valence-electron chi connectivity index (χ3n) is 4.26. The van der Waals surface area contributed by atoms with Crippen LogP contribution in [-0.4, -0.2) is 27.0 Å². The molecule has 1 aromatic carbocycles. The number of carbonyl (C=O) groups is 1. The van der Waals surface area contributed by atoms with Gasteiger partial charge in [-0.05, 0) is 48.4 Å². The molecule has 0 atom stereocenters. The largest absolute Gasteiger partial charge is 0.469 e. The molecule has 0 saturated carbocycles. The summed E-state index contributed by atoms with van der Waals surface area (Å²) in [5, 5.41) is 12.0. The van der Waals surface area contributed by atoms with Crippen LogP contribution in [-0.2, 0) is 12.8 Å². The fourth-order valence-electron chi connectivity index (χ4n) is 2.84. The molecule has 0 fully saturated rings. The number of carbonyl (C=O) groups excluding carboxylic acids is 1. The van der Waals surface area contributed by atoms with E-state index in [2.05, 4.69) is 15.5 Å². The van der Waals surface area contributed by atoms with E-state index in [9.17, 15) is 4.79 Å². The highest BCUT2D eigenvalue weighted by molar-refractivity contribution is 6.30. The third-order valence-corrected chi connectivity index (χ3v) is 4.51. The zero-order chi connectivity index (χ0) is 18.6. The van der Waals surface area contributed by atoms with E-state index in [0.717, 1.165) is 23.6 Å². The first-order valence-corrected chi connectivity index (χ1v) is 8.95. The predicted octanol–water partition coefficient (Wildman–Crippen LogP) is 3.54. The van der Waals surface area contributed by atoms with E-state index in [-0.39, 0.29) is 5.91 Å². The Balaban J connectivity index is 1.44. The topological polar surface area (TPSA) is 72.4 Å². The van der Waals surface area contributed by atoms with Gasteiger partial charge in [-0.1, -0.05) is 23.7 Å². The van der Waals surface area contributed by atoms with Gasteiger partial charge in [-0.15, -0.1) is 10.2 Å². The highest BCUT2D eigenvalue weighted by Crippen LogP contribution is 2.12. The monoisotopic (exact) mass is 380 g/mol. The Kier molecular flexibility index (Phi) is 4.89. The lowest BCUT2D eigenvalue weighted by molar-refractivity contribution is 0.0953. The molecule has 7 heteroatoms. The lowest BCUT2D eigenvalue weighted by Crippen LogP contribution is -2.26. The number of halogens is 1. The van der Waals surface area contributed by atoms with E-state index in [1.807, 2.05) is 40.8 Å². The van der Waals surface area contributed by atoms with Crippen LogP contribution in [0.1, 0.15) is 27.5 Å². The molecule has 0 aliphatic carbocycles. The van der Waals surface area contributed by atoms with Gasteiger partial charge in [0.25, 0.3) is 5.91 Å². The van der Waals surface area contributed by atoms with Gasteiger partial charge in [-0.2, -0.15) is 0 Å². The smallest absolute Gasteiger partial charge is 0.252 e. The molecule has 0 radical (unpaired) electrons. The zero-order valence-corrected chi connectivity index (χ0v) is 15.2. The number of nitrogens with one attached hydrogen (secondary N) is 1. The summed E-state index contributed by atoms with van der Waals surface area (Å²) in [6.07, 6.45) is 4.63. The fraction of sp³-hybridized carbons (Fsp3) is 0.150. The van der Waals surface area contributed by atoms with Crippen molar-refractivity contribution in [1.29, 1.82) is 0 Å². The van der Waals surface area contributed by atoms with Crippen LogP contribution in [0.4, 0.5) is 0 Å². The number of benzene rings is 1. The number of amides is 1. The maximum Gasteiger partial charge on any atom is 0.252 e.